The number of carbonyl (C=O) groups is 1. The van der Waals surface area contributed by atoms with Gasteiger partial charge in [-0.05, 0) is 31.5 Å². The molecule has 17 heavy (non-hydrogen) atoms. The molecule has 0 aliphatic rings. The van der Waals surface area contributed by atoms with Crippen LogP contribution in [0.1, 0.15) is 30.6 Å². The van der Waals surface area contributed by atoms with Gasteiger partial charge >= 0.3 is 0 Å². The fourth-order valence-electron chi connectivity index (χ4n) is 1.28. The van der Waals surface area contributed by atoms with Gasteiger partial charge in [0.25, 0.3) is 5.91 Å². The van der Waals surface area contributed by atoms with E-state index in [-0.39, 0.29) is 16.8 Å². The monoisotopic (exact) mass is 255 g/mol. The number of carbonyl (C=O) groups excluding carboxylic acids is 1. The van der Waals surface area contributed by atoms with Crippen molar-refractivity contribution >= 4 is 15.7 Å². The molecular weight excluding hydrogens is 238 g/mol. The Morgan fingerprint density at radius 2 is 2.06 bits per heavy atom. The summed E-state index contributed by atoms with van der Waals surface area (Å²) in [6, 6.07) is 6.13. The molecule has 4 nitrogen and oxygen atoms in total. The lowest BCUT2D eigenvalue weighted by atomic mass is 10.2. The van der Waals surface area contributed by atoms with Gasteiger partial charge in [0.05, 0.1) is 4.90 Å². The molecule has 0 aliphatic carbocycles. The van der Waals surface area contributed by atoms with Gasteiger partial charge in [-0.2, -0.15) is 0 Å². The molecule has 1 amide bonds. The highest BCUT2D eigenvalue weighted by molar-refractivity contribution is 7.90. The Morgan fingerprint density at radius 1 is 1.41 bits per heavy atom. The van der Waals surface area contributed by atoms with Gasteiger partial charge in [0.2, 0.25) is 0 Å². The second-order valence-corrected chi connectivity index (χ2v) is 6.10. The normalized spacial score (nSPS) is 13.1. The van der Waals surface area contributed by atoms with E-state index in [1.807, 2.05) is 13.8 Å². The maximum Gasteiger partial charge on any atom is 0.251 e. The largest absolute Gasteiger partial charge is 0.350 e. The highest BCUT2D eigenvalue weighted by Crippen LogP contribution is 2.11. The van der Waals surface area contributed by atoms with Gasteiger partial charge in [-0.15, -0.1) is 0 Å². The van der Waals surface area contributed by atoms with Crippen molar-refractivity contribution < 1.29 is 13.2 Å². The van der Waals surface area contributed by atoms with Crippen LogP contribution in [-0.4, -0.2) is 26.6 Å². The predicted molar refractivity (Wildman–Crippen MR) is 66.8 cm³/mol. The standard InChI is InChI=1S/C12H17NO3S/c1-4-9(2)13-12(14)10-6-5-7-11(8-10)17(3,15)16/h5-9H,4H2,1-3H3,(H,13,14)/t9-/m1/s1. The van der Waals surface area contributed by atoms with E-state index in [1.165, 1.54) is 12.1 Å². The first-order valence-electron chi connectivity index (χ1n) is 5.45. The summed E-state index contributed by atoms with van der Waals surface area (Å²) >= 11 is 0. The predicted octanol–water partition coefficient (Wildman–Crippen LogP) is 1.62. The van der Waals surface area contributed by atoms with Crippen molar-refractivity contribution in [3.05, 3.63) is 29.8 Å². The summed E-state index contributed by atoms with van der Waals surface area (Å²) in [6.07, 6.45) is 1.95. The number of nitrogens with one attached hydrogen (secondary N) is 1. The molecule has 1 atom stereocenters. The van der Waals surface area contributed by atoms with Crippen LogP contribution in [0.15, 0.2) is 29.2 Å². The third-order valence-electron chi connectivity index (χ3n) is 2.51. The average Bonchev–Trinajstić information content (AvgIpc) is 2.28. The van der Waals surface area contributed by atoms with E-state index >= 15 is 0 Å². The number of hydrogen-bond acceptors (Lipinski definition) is 3. The van der Waals surface area contributed by atoms with Crippen LogP contribution in [0.5, 0.6) is 0 Å². The van der Waals surface area contributed by atoms with Crippen molar-refractivity contribution in [2.45, 2.75) is 31.2 Å². The zero-order valence-corrected chi connectivity index (χ0v) is 11.0. The molecule has 0 heterocycles. The van der Waals surface area contributed by atoms with Crippen molar-refractivity contribution in [1.29, 1.82) is 0 Å². The molecule has 1 N–H and O–H groups in total. The number of benzene rings is 1. The van der Waals surface area contributed by atoms with Crippen LogP contribution in [0.2, 0.25) is 0 Å². The third-order valence-corrected chi connectivity index (χ3v) is 3.62. The molecule has 0 unspecified atom stereocenters. The lowest BCUT2D eigenvalue weighted by Crippen LogP contribution is -2.31. The second kappa shape index (κ2) is 5.31. The molecule has 5 heteroatoms. The van der Waals surface area contributed by atoms with Crippen LogP contribution in [0.3, 0.4) is 0 Å². The molecule has 0 radical (unpaired) electrons. The molecule has 0 bridgehead atoms. The van der Waals surface area contributed by atoms with E-state index < -0.39 is 9.84 Å². The van der Waals surface area contributed by atoms with Gasteiger partial charge in [0.1, 0.15) is 0 Å². The lowest BCUT2D eigenvalue weighted by Gasteiger charge is -2.11. The Kier molecular flexibility index (Phi) is 4.28. The van der Waals surface area contributed by atoms with Crippen LogP contribution >= 0.6 is 0 Å². The molecule has 0 saturated heterocycles. The van der Waals surface area contributed by atoms with Crippen LogP contribution in [0.25, 0.3) is 0 Å². The molecule has 0 spiro atoms. The molecule has 0 saturated carbocycles. The molecule has 1 aromatic rings. The summed E-state index contributed by atoms with van der Waals surface area (Å²) in [6.45, 7) is 3.87. The van der Waals surface area contributed by atoms with Crippen molar-refractivity contribution in [2.24, 2.45) is 0 Å². The summed E-state index contributed by atoms with van der Waals surface area (Å²) < 4.78 is 22.7. The van der Waals surface area contributed by atoms with Crippen LogP contribution in [0.4, 0.5) is 0 Å². The zero-order chi connectivity index (χ0) is 13.1. The molecule has 1 rings (SSSR count). The topological polar surface area (TPSA) is 63.2 Å². The first-order chi connectivity index (χ1) is 7.84. The highest BCUT2D eigenvalue weighted by atomic mass is 32.2. The van der Waals surface area contributed by atoms with Crippen LogP contribution < -0.4 is 5.32 Å². The third kappa shape index (κ3) is 3.85. The fourth-order valence-corrected chi connectivity index (χ4v) is 1.94. The van der Waals surface area contributed by atoms with E-state index in [1.54, 1.807) is 12.1 Å². The molecule has 94 valence electrons. The smallest absolute Gasteiger partial charge is 0.251 e. The van der Waals surface area contributed by atoms with Gasteiger partial charge in [0.15, 0.2) is 9.84 Å². The summed E-state index contributed by atoms with van der Waals surface area (Å²) in [5.74, 6) is -0.246. The number of sulfone groups is 1. The fraction of sp³-hybridized carbons (Fsp3) is 0.417. The minimum absolute atomic E-state index is 0.0735. The minimum atomic E-state index is -3.27. The summed E-state index contributed by atoms with van der Waals surface area (Å²) in [4.78, 5) is 11.9. The maximum absolute atomic E-state index is 11.8. The van der Waals surface area contributed by atoms with Gasteiger partial charge in [-0.25, -0.2) is 8.42 Å². The van der Waals surface area contributed by atoms with Crippen LogP contribution in [-0.2, 0) is 9.84 Å². The van der Waals surface area contributed by atoms with Crippen molar-refractivity contribution in [3.63, 3.8) is 0 Å². The molecule has 0 fully saturated rings. The van der Waals surface area contributed by atoms with E-state index in [0.29, 0.717) is 5.56 Å². The minimum Gasteiger partial charge on any atom is -0.350 e. The van der Waals surface area contributed by atoms with E-state index in [0.717, 1.165) is 12.7 Å². The van der Waals surface area contributed by atoms with Gasteiger partial charge in [-0.1, -0.05) is 13.0 Å². The Labute approximate surface area is 102 Å². The van der Waals surface area contributed by atoms with E-state index in [9.17, 15) is 13.2 Å². The number of amides is 1. The highest BCUT2D eigenvalue weighted by Gasteiger charge is 2.12. The molecule has 1 aromatic carbocycles. The van der Waals surface area contributed by atoms with E-state index in [4.69, 9.17) is 0 Å². The quantitative estimate of drug-likeness (QED) is 0.889. The van der Waals surface area contributed by atoms with Gasteiger partial charge < -0.3 is 5.32 Å². The second-order valence-electron chi connectivity index (χ2n) is 4.08. The Hall–Kier alpha value is -1.36. The summed E-state index contributed by atoms with van der Waals surface area (Å²) in [5.41, 5.74) is 0.369. The summed E-state index contributed by atoms with van der Waals surface area (Å²) in [7, 11) is -3.27. The number of rotatable bonds is 4. The molecule has 0 aliphatic heterocycles. The molecule has 0 aromatic heterocycles. The molecular formula is C12H17NO3S. The van der Waals surface area contributed by atoms with Gasteiger partial charge in [-0.3, -0.25) is 4.79 Å². The lowest BCUT2D eigenvalue weighted by molar-refractivity contribution is 0.0939. The van der Waals surface area contributed by atoms with Crippen LogP contribution in [0, 0.1) is 0 Å². The average molecular weight is 255 g/mol. The van der Waals surface area contributed by atoms with Crippen molar-refractivity contribution in [3.8, 4) is 0 Å². The van der Waals surface area contributed by atoms with Crippen molar-refractivity contribution in [2.75, 3.05) is 6.26 Å². The summed E-state index contributed by atoms with van der Waals surface area (Å²) in [5, 5.41) is 2.79. The van der Waals surface area contributed by atoms with E-state index in [2.05, 4.69) is 5.32 Å². The van der Waals surface area contributed by atoms with Crippen molar-refractivity contribution in [1.82, 2.24) is 5.32 Å². The zero-order valence-electron chi connectivity index (χ0n) is 10.2. The Morgan fingerprint density at radius 3 is 2.59 bits per heavy atom. The SMILES string of the molecule is CC[C@@H](C)NC(=O)c1cccc(S(C)(=O)=O)c1. The number of hydrogen-bond donors (Lipinski definition) is 1. The first kappa shape index (κ1) is 13.7. The Balaban J connectivity index is 2.97. The van der Waals surface area contributed by atoms with Gasteiger partial charge in [0, 0.05) is 17.9 Å². The maximum atomic E-state index is 11.8. The Bertz CT molecular complexity index is 508. The first-order valence-corrected chi connectivity index (χ1v) is 7.34.